The van der Waals surface area contributed by atoms with Crippen LogP contribution in [0.1, 0.15) is 39.7 Å². The molecule has 0 aromatic heterocycles. The van der Waals surface area contributed by atoms with Crippen LogP contribution in [0.5, 0.6) is 5.75 Å². The molecule has 0 heterocycles. The Morgan fingerprint density at radius 2 is 2.05 bits per heavy atom. The minimum Gasteiger partial charge on any atom is -0.489 e. The molecule has 22 heavy (non-hydrogen) atoms. The number of carbonyl (C=O) groups is 1. The summed E-state index contributed by atoms with van der Waals surface area (Å²) in [6.07, 6.45) is 1.11. The van der Waals surface area contributed by atoms with Gasteiger partial charge in [0.15, 0.2) is 0 Å². The summed E-state index contributed by atoms with van der Waals surface area (Å²) < 4.78 is 5.86. The molecule has 0 fully saturated rings. The van der Waals surface area contributed by atoms with Crippen LogP contribution in [0.2, 0.25) is 0 Å². The van der Waals surface area contributed by atoms with E-state index in [0.29, 0.717) is 6.04 Å². The maximum atomic E-state index is 10.9. The number of hydrogen-bond donors (Lipinski definition) is 2. The highest BCUT2D eigenvalue weighted by molar-refractivity contribution is 5.75. The SMILES string of the molecule is CCC(C)NCc1ccc(N(C)CC(=O)O)c(OC(C)C)c1. The lowest BCUT2D eigenvalue weighted by atomic mass is 10.1. The van der Waals surface area contributed by atoms with Crippen LogP contribution in [0.4, 0.5) is 5.69 Å². The lowest BCUT2D eigenvalue weighted by Crippen LogP contribution is -2.26. The third kappa shape index (κ3) is 5.93. The third-order valence-corrected chi connectivity index (χ3v) is 3.44. The highest BCUT2D eigenvalue weighted by Crippen LogP contribution is 2.29. The van der Waals surface area contributed by atoms with E-state index in [-0.39, 0.29) is 12.6 Å². The molecule has 0 aliphatic rings. The van der Waals surface area contributed by atoms with Crippen LogP contribution < -0.4 is 15.0 Å². The Morgan fingerprint density at radius 3 is 2.59 bits per heavy atom. The highest BCUT2D eigenvalue weighted by Gasteiger charge is 2.13. The van der Waals surface area contributed by atoms with Gasteiger partial charge in [0.25, 0.3) is 0 Å². The number of carboxylic acid groups (broad SMARTS) is 1. The van der Waals surface area contributed by atoms with Crippen molar-refractivity contribution >= 4 is 11.7 Å². The van der Waals surface area contributed by atoms with E-state index < -0.39 is 5.97 Å². The number of nitrogens with zero attached hydrogens (tertiary/aromatic N) is 1. The second kappa shape index (κ2) is 8.63. The zero-order chi connectivity index (χ0) is 16.7. The van der Waals surface area contributed by atoms with E-state index in [1.807, 2.05) is 32.0 Å². The molecule has 0 saturated heterocycles. The lowest BCUT2D eigenvalue weighted by molar-refractivity contribution is -0.135. The molecule has 5 nitrogen and oxygen atoms in total. The van der Waals surface area contributed by atoms with Crippen LogP contribution in [-0.4, -0.2) is 36.8 Å². The molecule has 1 aromatic carbocycles. The van der Waals surface area contributed by atoms with Gasteiger partial charge < -0.3 is 20.1 Å². The zero-order valence-corrected chi connectivity index (χ0v) is 14.2. The normalized spacial score (nSPS) is 12.3. The first-order valence-electron chi connectivity index (χ1n) is 7.79. The maximum Gasteiger partial charge on any atom is 0.323 e. The number of benzene rings is 1. The van der Waals surface area contributed by atoms with Gasteiger partial charge in [-0.3, -0.25) is 4.79 Å². The van der Waals surface area contributed by atoms with E-state index in [1.165, 1.54) is 0 Å². The van der Waals surface area contributed by atoms with Gasteiger partial charge in [0.2, 0.25) is 0 Å². The average molecular weight is 308 g/mol. The Balaban J connectivity index is 2.94. The molecular weight excluding hydrogens is 280 g/mol. The van der Waals surface area contributed by atoms with Gasteiger partial charge in [-0.25, -0.2) is 0 Å². The summed E-state index contributed by atoms with van der Waals surface area (Å²) in [6, 6.07) is 6.39. The molecule has 5 heteroatoms. The van der Waals surface area contributed by atoms with Crippen LogP contribution in [0, 0.1) is 0 Å². The fourth-order valence-electron chi connectivity index (χ4n) is 2.06. The van der Waals surface area contributed by atoms with E-state index in [9.17, 15) is 4.79 Å². The first kappa shape index (κ1) is 18.3. The van der Waals surface area contributed by atoms with Crippen molar-refractivity contribution in [1.82, 2.24) is 5.32 Å². The largest absolute Gasteiger partial charge is 0.489 e. The minimum absolute atomic E-state index is 0.0368. The van der Waals surface area contributed by atoms with Crippen molar-refractivity contribution in [3.8, 4) is 5.75 Å². The van der Waals surface area contributed by atoms with Crippen molar-refractivity contribution in [3.63, 3.8) is 0 Å². The third-order valence-electron chi connectivity index (χ3n) is 3.44. The van der Waals surface area contributed by atoms with Gasteiger partial charge in [-0.2, -0.15) is 0 Å². The molecule has 2 N–H and O–H groups in total. The van der Waals surface area contributed by atoms with Gasteiger partial charge in [-0.05, 0) is 44.9 Å². The van der Waals surface area contributed by atoms with Gasteiger partial charge in [0.1, 0.15) is 12.3 Å². The minimum atomic E-state index is -0.861. The summed E-state index contributed by atoms with van der Waals surface area (Å²) in [7, 11) is 1.76. The standard InChI is InChI=1S/C17H28N2O3/c1-6-13(4)18-10-14-7-8-15(19(5)11-17(20)21)16(9-14)22-12(2)3/h7-9,12-13,18H,6,10-11H2,1-5H3,(H,20,21). The quantitative estimate of drug-likeness (QED) is 0.734. The van der Waals surface area contributed by atoms with Crippen molar-refractivity contribution in [2.75, 3.05) is 18.5 Å². The van der Waals surface area contributed by atoms with Crippen molar-refractivity contribution < 1.29 is 14.6 Å². The van der Waals surface area contributed by atoms with Crippen molar-refractivity contribution in [2.24, 2.45) is 0 Å². The topological polar surface area (TPSA) is 61.8 Å². The molecule has 0 aliphatic heterocycles. The van der Waals surface area contributed by atoms with Crippen molar-refractivity contribution in [1.29, 1.82) is 0 Å². The summed E-state index contributed by atoms with van der Waals surface area (Å²) in [5, 5.41) is 12.4. The van der Waals surface area contributed by atoms with Gasteiger partial charge in [-0.1, -0.05) is 13.0 Å². The van der Waals surface area contributed by atoms with Gasteiger partial charge in [0.05, 0.1) is 11.8 Å². The number of likely N-dealkylation sites (N-methyl/N-ethyl adjacent to an activating group) is 1. The Kier molecular flexibility index (Phi) is 7.18. The van der Waals surface area contributed by atoms with Crippen molar-refractivity contribution in [2.45, 2.75) is 52.8 Å². The van der Waals surface area contributed by atoms with E-state index in [1.54, 1.807) is 11.9 Å². The molecule has 1 rings (SSSR count). The summed E-state index contributed by atoms with van der Waals surface area (Å²) in [5.74, 6) is -0.136. The van der Waals surface area contributed by atoms with Crippen LogP contribution in [0.3, 0.4) is 0 Å². The molecule has 1 aromatic rings. The van der Waals surface area contributed by atoms with Crippen molar-refractivity contribution in [3.05, 3.63) is 23.8 Å². The number of rotatable bonds is 9. The van der Waals surface area contributed by atoms with Crippen LogP contribution in [0.25, 0.3) is 0 Å². The molecule has 0 aliphatic carbocycles. The number of hydrogen-bond acceptors (Lipinski definition) is 4. The molecular formula is C17H28N2O3. The fourth-order valence-corrected chi connectivity index (χ4v) is 2.06. The first-order chi connectivity index (χ1) is 10.3. The van der Waals surface area contributed by atoms with Gasteiger partial charge in [-0.15, -0.1) is 0 Å². The van der Waals surface area contributed by atoms with E-state index >= 15 is 0 Å². The molecule has 0 saturated carbocycles. The molecule has 0 spiro atoms. The Hall–Kier alpha value is -1.75. The zero-order valence-electron chi connectivity index (χ0n) is 14.2. The highest BCUT2D eigenvalue weighted by atomic mass is 16.5. The number of ether oxygens (including phenoxy) is 1. The molecule has 0 bridgehead atoms. The monoisotopic (exact) mass is 308 g/mol. The second-order valence-corrected chi connectivity index (χ2v) is 5.91. The maximum absolute atomic E-state index is 10.9. The van der Waals surface area contributed by atoms with Crippen LogP contribution in [-0.2, 0) is 11.3 Å². The molecule has 124 valence electrons. The van der Waals surface area contributed by atoms with Gasteiger partial charge in [0, 0.05) is 19.6 Å². The second-order valence-electron chi connectivity index (χ2n) is 5.91. The summed E-state index contributed by atoms with van der Waals surface area (Å²) in [6.45, 7) is 8.94. The Bertz CT molecular complexity index is 489. The van der Waals surface area contributed by atoms with E-state index in [4.69, 9.17) is 9.84 Å². The fraction of sp³-hybridized carbons (Fsp3) is 0.588. The van der Waals surface area contributed by atoms with Gasteiger partial charge >= 0.3 is 5.97 Å². The Morgan fingerprint density at radius 1 is 1.36 bits per heavy atom. The molecule has 0 radical (unpaired) electrons. The van der Waals surface area contributed by atoms with Crippen LogP contribution in [0.15, 0.2) is 18.2 Å². The smallest absolute Gasteiger partial charge is 0.323 e. The number of aliphatic carboxylic acids is 1. The average Bonchev–Trinajstić information content (AvgIpc) is 2.43. The predicted octanol–water partition coefficient (Wildman–Crippen LogP) is 2.88. The first-order valence-corrected chi connectivity index (χ1v) is 7.79. The summed E-state index contributed by atoms with van der Waals surface area (Å²) >= 11 is 0. The summed E-state index contributed by atoms with van der Waals surface area (Å²) in [5.41, 5.74) is 1.92. The number of carboxylic acids is 1. The van der Waals surface area contributed by atoms with E-state index in [0.717, 1.165) is 30.0 Å². The summed E-state index contributed by atoms with van der Waals surface area (Å²) in [4.78, 5) is 12.6. The van der Waals surface area contributed by atoms with E-state index in [2.05, 4.69) is 19.2 Å². The number of nitrogens with one attached hydrogen (secondary N) is 1. The molecule has 1 atom stereocenters. The Labute approximate surface area is 133 Å². The number of anilines is 1. The molecule has 1 unspecified atom stereocenters. The lowest BCUT2D eigenvalue weighted by Gasteiger charge is -2.23. The predicted molar refractivity (Wildman–Crippen MR) is 89.7 cm³/mol. The van der Waals surface area contributed by atoms with Crippen LogP contribution >= 0.6 is 0 Å². The molecule has 0 amide bonds.